The number of piperidine rings is 1. The average molecular weight is 228 g/mol. The fraction of sp³-hybridized carbons (Fsp3) is 1.00. The van der Waals surface area contributed by atoms with Gasteiger partial charge in [0, 0.05) is 18.1 Å². The highest BCUT2D eigenvalue weighted by molar-refractivity contribution is 4.80. The second kappa shape index (κ2) is 7.25. The lowest BCUT2D eigenvalue weighted by Crippen LogP contribution is -2.46. The summed E-state index contributed by atoms with van der Waals surface area (Å²) in [6.45, 7) is 7.94. The van der Waals surface area contributed by atoms with Gasteiger partial charge in [-0.15, -0.1) is 0 Å². The molecule has 0 amide bonds. The quantitative estimate of drug-likeness (QED) is 0.646. The molecule has 0 aromatic rings. The molecule has 96 valence electrons. The maximum absolute atomic E-state index is 9.27. The Morgan fingerprint density at radius 1 is 1.31 bits per heavy atom. The van der Waals surface area contributed by atoms with E-state index in [1.807, 2.05) is 0 Å². The Kier molecular flexibility index (Phi) is 6.32. The number of nitrogens with one attached hydrogen (secondary N) is 2. The van der Waals surface area contributed by atoms with Crippen LogP contribution in [0.3, 0.4) is 0 Å². The topological polar surface area (TPSA) is 44.3 Å². The largest absolute Gasteiger partial charge is 0.395 e. The van der Waals surface area contributed by atoms with E-state index in [4.69, 9.17) is 0 Å². The molecule has 0 aromatic carbocycles. The molecule has 3 heteroatoms. The molecule has 3 N–H and O–H groups in total. The smallest absolute Gasteiger partial charge is 0.0587 e. The van der Waals surface area contributed by atoms with Crippen LogP contribution in [0.5, 0.6) is 0 Å². The second-order valence-electron chi connectivity index (χ2n) is 5.48. The molecule has 1 aliphatic rings. The molecule has 0 spiro atoms. The minimum Gasteiger partial charge on any atom is -0.395 e. The predicted octanol–water partition coefficient (Wildman–Crippen LogP) is 1.51. The first kappa shape index (κ1) is 13.9. The highest BCUT2D eigenvalue weighted by Crippen LogP contribution is 2.13. The number of rotatable bonds is 6. The first-order valence-corrected chi connectivity index (χ1v) is 6.73. The van der Waals surface area contributed by atoms with E-state index in [1.54, 1.807) is 0 Å². The third-order valence-corrected chi connectivity index (χ3v) is 3.55. The van der Waals surface area contributed by atoms with Crippen molar-refractivity contribution in [2.45, 2.75) is 64.6 Å². The summed E-state index contributed by atoms with van der Waals surface area (Å²) in [6.07, 6.45) is 5.16. The summed E-state index contributed by atoms with van der Waals surface area (Å²) in [5.41, 5.74) is 0. The summed E-state index contributed by atoms with van der Waals surface area (Å²) in [4.78, 5) is 0. The van der Waals surface area contributed by atoms with Gasteiger partial charge in [-0.25, -0.2) is 0 Å². The molecule has 1 fully saturated rings. The van der Waals surface area contributed by atoms with Gasteiger partial charge >= 0.3 is 0 Å². The van der Waals surface area contributed by atoms with E-state index in [2.05, 4.69) is 31.4 Å². The van der Waals surface area contributed by atoms with Crippen molar-refractivity contribution in [2.24, 2.45) is 5.92 Å². The number of hydrogen-bond donors (Lipinski definition) is 3. The molecule has 2 unspecified atom stereocenters. The zero-order chi connectivity index (χ0) is 12.0. The zero-order valence-corrected chi connectivity index (χ0v) is 11.0. The molecule has 3 atom stereocenters. The molecule has 0 aromatic heterocycles. The molecule has 1 heterocycles. The van der Waals surface area contributed by atoms with Crippen molar-refractivity contribution in [2.75, 3.05) is 13.2 Å². The lowest BCUT2D eigenvalue weighted by Gasteiger charge is -2.30. The fourth-order valence-electron chi connectivity index (χ4n) is 2.44. The molecule has 1 rings (SSSR count). The standard InChI is InChI=1S/C13H28N2O/c1-10(2)13(9-16)15-11(3)8-12-6-4-5-7-14-12/h10-16H,4-9H2,1-3H3/t11?,12?,13-/m1/s1. The SMILES string of the molecule is CC(CC1CCCCN1)N[C@H](CO)C(C)C. The fourth-order valence-corrected chi connectivity index (χ4v) is 2.44. The highest BCUT2D eigenvalue weighted by Gasteiger charge is 2.19. The Labute approximate surface area is 100 Å². The van der Waals surface area contributed by atoms with E-state index in [-0.39, 0.29) is 12.6 Å². The third-order valence-electron chi connectivity index (χ3n) is 3.55. The summed E-state index contributed by atoms with van der Waals surface area (Å²) in [6, 6.07) is 1.39. The van der Waals surface area contributed by atoms with Crippen LogP contribution in [-0.4, -0.2) is 36.4 Å². The Balaban J connectivity index is 2.25. The zero-order valence-electron chi connectivity index (χ0n) is 11.0. The van der Waals surface area contributed by atoms with Gasteiger partial charge in [-0.05, 0) is 38.6 Å². The van der Waals surface area contributed by atoms with Crippen LogP contribution in [0, 0.1) is 5.92 Å². The highest BCUT2D eigenvalue weighted by atomic mass is 16.3. The van der Waals surface area contributed by atoms with Crippen LogP contribution >= 0.6 is 0 Å². The van der Waals surface area contributed by atoms with E-state index in [0.29, 0.717) is 18.0 Å². The van der Waals surface area contributed by atoms with Crippen LogP contribution in [0.4, 0.5) is 0 Å². The van der Waals surface area contributed by atoms with Gasteiger partial charge in [0.05, 0.1) is 6.61 Å². The Bertz CT molecular complexity index is 179. The van der Waals surface area contributed by atoms with E-state index < -0.39 is 0 Å². The van der Waals surface area contributed by atoms with Crippen LogP contribution in [0.15, 0.2) is 0 Å². The minimum atomic E-state index is 0.235. The average Bonchev–Trinajstić information content (AvgIpc) is 2.27. The lowest BCUT2D eigenvalue weighted by atomic mass is 9.97. The predicted molar refractivity (Wildman–Crippen MR) is 68.6 cm³/mol. The summed E-state index contributed by atoms with van der Waals surface area (Å²) >= 11 is 0. The Morgan fingerprint density at radius 2 is 2.06 bits per heavy atom. The van der Waals surface area contributed by atoms with Crippen molar-refractivity contribution < 1.29 is 5.11 Å². The van der Waals surface area contributed by atoms with Crippen LogP contribution in [-0.2, 0) is 0 Å². The van der Waals surface area contributed by atoms with Gasteiger partial charge in [0.2, 0.25) is 0 Å². The van der Waals surface area contributed by atoms with Crippen molar-refractivity contribution in [3.63, 3.8) is 0 Å². The number of aliphatic hydroxyl groups is 1. The summed E-state index contributed by atoms with van der Waals surface area (Å²) < 4.78 is 0. The molecular weight excluding hydrogens is 200 g/mol. The minimum absolute atomic E-state index is 0.235. The summed E-state index contributed by atoms with van der Waals surface area (Å²) in [7, 11) is 0. The maximum Gasteiger partial charge on any atom is 0.0587 e. The van der Waals surface area contributed by atoms with E-state index in [9.17, 15) is 5.11 Å². The lowest BCUT2D eigenvalue weighted by molar-refractivity contribution is 0.194. The van der Waals surface area contributed by atoms with E-state index in [1.165, 1.54) is 32.2 Å². The normalized spacial score (nSPS) is 25.7. The molecule has 16 heavy (non-hydrogen) atoms. The van der Waals surface area contributed by atoms with Crippen LogP contribution in [0.25, 0.3) is 0 Å². The Hall–Kier alpha value is -0.120. The van der Waals surface area contributed by atoms with Crippen molar-refractivity contribution in [3.05, 3.63) is 0 Å². The van der Waals surface area contributed by atoms with E-state index >= 15 is 0 Å². The van der Waals surface area contributed by atoms with Crippen LogP contribution < -0.4 is 10.6 Å². The van der Waals surface area contributed by atoms with Crippen molar-refractivity contribution in [1.82, 2.24) is 10.6 Å². The van der Waals surface area contributed by atoms with Crippen LogP contribution in [0.2, 0.25) is 0 Å². The first-order chi connectivity index (χ1) is 7.63. The van der Waals surface area contributed by atoms with Crippen molar-refractivity contribution in [3.8, 4) is 0 Å². The molecule has 0 aliphatic carbocycles. The second-order valence-corrected chi connectivity index (χ2v) is 5.48. The molecular formula is C13H28N2O. The molecule has 3 nitrogen and oxygen atoms in total. The summed E-state index contributed by atoms with van der Waals surface area (Å²) in [5.74, 6) is 0.492. The van der Waals surface area contributed by atoms with Crippen LogP contribution in [0.1, 0.15) is 46.5 Å². The molecule has 0 bridgehead atoms. The number of aliphatic hydroxyl groups excluding tert-OH is 1. The van der Waals surface area contributed by atoms with Crippen molar-refractivity contribution in [1.29, 1.82) is 0 Å². The third kappa shape index (κ3) is 4.81. The molecule has 1 aliphatic heterocycles. The monoisotopic (exact) mass is 228 g/mol. The van der Waals surface area contributed by atoms with Crippen molar-refractivity contribution >= 4 is 0 Å². The molecule has 1 saturated heterocycles. The van der Waals surface area contributed by atoms with E-state index in [0.717, 1.165) is 0 Å². The first-order valence-electron chi connectivity index (χ1n) is 6.73. The van der Waals surface area contributed by atoms with Gasteiger partial charge in [0.15, 0.2) is 0 Å². The molecule has 0 radical (unpaired) electrons. The molecule has 0 saturated carbocycles. The van der Waals surface area contributed by atoms with Gasteiger partial charge in [0.25, 0.3) is 0 Å². The van der Waals surface area contributed by atoms with Gasteiger partial charge in [-0.3, -0.25) is 0 Å². The maximum atomic E-state index is 9.27. The van der Waals surface area contributed by atoms with Gasteiger partial charge in [0.1, 0.15) is 0 Å². The summed E-state index contributed by atoms with van der Waals surface area (Å²) in [5, 5.41) is 16.4. The van der Waals surface area contributed by atoms with Gasteiger partial charge in [-0.1, -0.05) is 20.3 Å². The van der Waals surface area contributed by atoms with Gasteiger partial charge < -0.3 is 15.7 Å². The Morgan fingerprint density at radius 3 is 2.56 bits per heavy atom. The number of hydrogen-bond acceptors (Lipinski definition) is 3. The van der Waals surface area contributed by atoms with Gasteiger partial charge in [-0.2, -0.15) is 0 Å².